The van der Waals surface area contributed by atoms with E-state index in [1.165, 1.54) is 70.6 Å². The summed E-state index contributed by atoms with van der Waals surface area (Å²) in [6.07, 6.45) is 24.7. The highest BCUT2D eigenvalue weighted by Crippen LogP contribution is 2.28. The second-order valence-electron chi connectivity index (χ2n) is 12.2. The molecule has 1 aliphatic rings. The Hall–Kier alpha value is -2.45. The second-order valence-corrected chi connectivity index (χ2v) is 12.2. The Morgan fingerprint density at radius 1 is 0.667 bits per heavy atom. The summed E-state index contributed by atoms with van der Waals surface area (Å²) in [6.45, 7) is 0.634. The Labute approximate surface area is 253 Å². The Bertz CT molecular complexity index is 765. The van der Waals surface area contributed by atoms with Crippen LogP contribution in [0.25, 0.3) is 0 Å². The van der Waals surface area contributed by atoms with Gasteiger partial charge in [-0.25, -0.2) is 4.79 Å². The summed E-state index contributed by atoms with van der Waals surface area (Å²) in [6, 6.07) is -1.05. The van der Waals surface area contributed by atoms with Crippen LogP contribution in [-0.4, -0.2) is 52.8 Å². The predicted octanol–water partition coefficient (Wildman–Crippen LogP) is 6.47. The molecule has 2 amide bonds. The number of amides is 2. The van der Waals surface area contributed by atoms with Crippen molar-refractivity contribution in [2.24, 2.45) is 11.8 Å². The summed E-state index contributed by atoms with van der Waals surface area (Å²) in [5.41, 5.74) is 0. The lowest BCUT2D eigenvalue weighted by Gasteiger charge is -2.28. The first-order valence-corrected chi connectivity index (χ1v) is 16.7. The zero-order valence-electron chi connectivity index (χ0n) is 25.8. The monoisotopic (exact) mass is 593 g/mol. The standard InChI is InChI=1S/C33H57N2O7/c36-25-17-18-29(33(41)42)35-32(40)28-23-21-27(22-24-28)26-34-30(37)19-15-13-11-9-7-5-3-1-2-4-6-8-10-12-14-16-20-31(38)39/h27-29H,1-24,26H2,(H,34,37)(H,35,40)(H,38,39)(H,41,42)/t27-,28-,29-/m0/s1. The second kappa shape index (κ2) is 25.1. The fourth-order valence-corrected chi connectivity index (χ4v) is 5.76. The van der Waals surface area contributed by atoms with Gasteiger partial charge in [0.05, 0.1) is 0 Å². The maximum atomic E-state index is 12.4. The topological polar surface area (TPSA) is 150 Å². The minimum Gasteiger partial charge on any atom is -0.481 e. The third-order valence-corrected chi connectivity index (χ3v) is 8.50. The van der Waals surface area contributed by atoms with Crippen molar-refractivity contribution in [3.8, 4) is 0 Å². The SMILES string of the molecule is O=[C]CC[C@H](NC(=O)[C@H]1CC[C@H](CNC(=O)CCCCCCCCCCCCCCCCCCC(=O)O)CC1)C(=O)O. The average molecular weight is 594 g/mol. The summed E-state index contributed by atoms with van der Waals surface area (Å²) >= 11 is 0. The first kappa shape index (κ1) is 37.6. The number of carboxylic acid groups (broad SMARTS) is 2. The van der Waals surface area contributed by atoms with Crippen LogP contribution < -0.4 is 10.6 Å². The van der Waals surface area contributed by atoms with E-state index in [-0.39, 0.29) is 30.6 Å². The van der Waals surface area contributed by atoms with E-state index >= 15 is 0 Å². The lowest BCUT2D eigenvalue weighted by atomic mass is 9.81. The molecule has 0 spiro atoms. The van der Waals surface area contributed by atoms with Crippen LogP contribution in [0.1, 0.15) is 154 Å². The number of carboxylic acids is 2. The maximum Gasteiger partial charge on any atom is 0.326 e. The van der Waals surface area contributed by atoms with Crippen molar-refractivity contribution in [2.45, 2.75) is 160 Å². The molecule has 1 saturated carbocycles. The van der Waals surface area contributed by atoms with Crippen molar-refractivity contribution in [3.05, 3.63) is 0 Å². The Kier molecular flexibility index (Phi) is 22.4. The molecule has 1 aliphatic carbocycles. The molecule has 1 rings (SSSR count). The summed E-state index contributed by atoms with van der Waals surface area (Å²) in [7, 11) is 0. The van der Waals surface area contributed by atoms with E-state index in [1.54, 1.807) is 6.29 Å². The third-order valence-electron chi connectivity index (χ3n) is 8.50. The van der Waals surface area contributed by atoms with E-state index in [1.807, 2.05) is 0 Å². The number of carbonyl (C=O) groups excluding carboxylic acids is 3. The number of carbonyl (C=O) groups is 4. The lowest BCUT2D eigenvalue weighted by molar-refractivity contribution is -0.142. The smallest absolute Gasteiger partial charge is 0.326 e. The van der Waals surface area contributed by atoms with E-state index in [0.29, 0.717) is 38.1 Å². The molecule has 4 N–H and O–H groups in total. The normalized spacial score (nSPS) is 17.3. The van der Waals surface area contributed by atoms with Crippen LogP contribution in [0.15, 0.2) is 0 Å². The minimum atomic E-state index is -1.14. The van der Waals surface area contributed by atoms with E-state index in [4.69, 9.17) is 5.11 Å². The number of rotatable bonds is 27. The van der Waals surface area contributed by atoms with E-state index in [2.05, 4.69) is 10.6 Å². The highest BCUT2D eigenvalue weighted by Gasteiger charge is 2.29. The van der Waals surface area contributed by atoms with Gasteiger partial charge in [0.25, 0.3) is 0 Å². The molecule has 0 bridgehead atoms. The molecule has 1 fully saturated rings. The molecular weight excluding hydrogens is 536 g/mol. The van der Waals surface area contributed by atoms with Gasteiger partial charge in [-0.3, -0.25) is 19.2 Å². The average Bonchev–Trinajstić information content (AvgIpc) is 2.97. The largest absolute Gasteiger partial charge is 0.481 e. The van der Waals surface area contributed by atoms with Gasteiger partial charge in [0.2, 0.25) is 11.8 Å². The molecule has 0 aromatic carbocycles. The lowest BCUT2D eigenvalue weighted by Crippen LogP contribution is -2.44. The fraction of sp³-hybridized carbons (Fsp3) is 0.848. The highest BCUT2D eigenvalue weighted by atomic mass is 16.4. The van der Waals surface area contributed by atoms with Gasteiger partial charge in [-0.15, -0.1) is 0 Å². The van der Waals surface area contributed by atoms with Crippen LogP contribution >= 0.6 is 0 Å². The Balaban J connectivity index is 1.91. The van der Waals surface area contributed by atoms with Gasteiger partial charge in [-0.05, 0) is 50.9 Å². The van der Waals surface area contributed by atoms with E-state index in [0.717, 1.165) is 44.9 Å². The number of hydrogen-bond acceptors (Lipinski definition) is 5. The molecule has 241 valence electrons. The van der Waals surface area contributed by atoms with Crippen LogP contribution in [0, 0.1) is 11.8 Å². The molecule has 0 saturated heterocycles. The summed E-state index contributed by atoms with van der Waals surface area (Å²) in [5.74, 6) is -1.85. The van der Waals surface area contributed by atoms with E-state index < -0.39 is 18.0 Å². The van der Waals surface area contributed by atoms with Gasteiger partial charge in [-0.2, -0.15) is 0 Å². The first-order chi connectivity index (χ1) is 20.3. The van der Waals surface area contributed by atoms with Crippen molar-refractivity contribution < 1.29 is 34.2 Å². The minimum absolute atomic E-state index is 0.0202. The van der Waals surface area contributed by atoms with Crippen LogP contribution in [0.5, 0.6) is 0 Å². The van der Waals surface area contributed by atoms with Crippen LogP contribution in [-0.2, 0) is 24.0 Å². The zero-order valence-corrected chi connectivity index (χ0v) is 25.8. The van der Waals surface area contributed by atoms with Gasteiger partial charge in [0.1, 0.15) is 6.04 Å². The molecule has 42 heavy (non-hydrogen) atoms. The molecule has 0 unspecified atom stereocenters. The Morgan fingerprint density at radius 2 is 1.12 bits per heavy atom. The van der Waals surface area contributed by atoms with Crippen molar-refractivity contribution in [1.29, 1.82) is 0 Å². The molecule has 0 aliphatic heterocycles. The van der Waals surface area contributed by atoms with Gasteiger partial charge >= 0.3 is 11.9 Å². The maximum absolute atomic E-state index is 12.4. The number of aliphatic carboxylic acids is 2. The van der Waals surface area contributed by atoms with Crippen molar-refractivity contribution in [3.63, 3.8) is 0 Å². The molecule has 0 aromatic rings. The van der Waals surface area contributed by atoms with Crippen molar-refractivity contribution in [1.82, 2.24) is 10.6 Å². The molecule has 1 atom stereocenters. The van der Waals surface area contributed by atoms with E-state index in [9.17, 15) is 29.1 Å². The quantitative estimate of drug-likeness (QED) is 0.0797. The third kappa shape index (κ3) is 20.4. The molecule has 0 aromatic heterocycles. The van der Waals surface area contributed by atoms with Crippen molar-refractivity contribution in [2.75, 3.05) is 6.54 Å². The molecule has 0 heterocycles. The predicted molar refractivity (Wildman–Crippen MR) is 164 cm³/mol. The Morgan fingerprint density at radius 3 is 1.55 bits per heavy atom. The van der Waals surface area contributed by atoms with Crippen LogP contribution in [0.3, 0.4) is 0 Å². The number of nitrogens with one attached hydrogen (secondary N) is 2. The molecule has 9 nitrogen and oxygen atoms in total. The molecule has 9 heteroatoms. The number of unbranched alkanes of at least 4 members (excludes halogenated alkanes) is 15. The highest BCUT2D eigenvalue weighted by molar-refractivity contribution is 5.85. The van der Waals surface area contributed by atoms with Gasteiger partial charge in [0.15, 0.2) is 6.29 Å². The van der Waals surface area contributed by atoms with Crippen LogP contribution in [0.2, 0.25) is 0 Å². The molecular formula is C33H57N2O7. The van der Waals surface area contributed by atoms with Crippen molar-refractivity contribution >= 4 is 30.0 Å². The summed E-state index contributed by atoms with van der Waals surface area (Å²) in [5, 5.41) is 23.4. The summed E-state index contributed by atoms with van der Waals surface area (Å²) in [4.78, 5) is 56.8. The van der Waals surface area contributed by atoms with Crippen LogP contribution in [0.4, 0.5) is 0 Å². The molecule has 1 radical (unpaired) electrons. The zero-order chi connectivity index (χ0) is 30.8. The van der Waals surface area contributed by atoms with Gasteiger partial charge in [0, 0.05) is 31.7 Å². The first-order valence-electron chi connectivity index (χ1n) is 16.7. The fourth-order valence-electron chi connectivity index (χ4n) is 5.76. The number of hydrogen-bond donors (Lipinski definition) is 4. The summed E-state index contributed by atoms with van der Waals surface area (Å²) < 4.78 is 0. The van der Waals surface area contributed by atoms with Gasteiger partial charge in [-0.1, -0.05) is 89.9 Å². The van der Waals surface area contributed by atoms with Gasteiger partial charge < -0.3 is 20.8 Å².